The van der Waals surface area contributed by atoms with E-state index in [0.29, 0.717) is 12.2 Å². The largest absolute Gasteiger partial charge is 0.494 e. The number of carboxylic acids is 1. The Bertz CT molecular complexity index is 924. The number of aromatic carboxylic acids is 1. The number of ether oxygens (including phenoxy) is 1. The van der Waals surface area contributed by atoms with Gasteiger partial charge in [-0.15, -0.1) is 0 Å². The highest BCUT2D eigenvalue weighted by molar-refractivity contribution is 5.89. The van der Waals surface area contributed by atoms with Crippen LogP contribution < -0.4 is 10.1 Å². The summed E-state index contributed by atoms with van der Waals surface area (Å²) in [6.45, 7) is 2.74. The Morgan fingerprint density at radius 3 is 2.69 bits per heavy atom. The maximum Gasteiger partial charge on any atom is 0.358 e. The average molecular weight is 349 g/mol. The third-order valence-electron chi connectivity index (χ3n) is 3.90. The van der Waals surface area contributed by atoms with Gasteiger partial charge in [0.15, 0.2) is 11.4 Å². The lowest BCUT2D eigenvalue weighted by Crippen LogP contribution is -2.05. The summed E-state index contributed by atoms with van der Waals surface area (Å²) >= 11 is 0. The minimum atomic E-state index is -1.13. The fourth-order valence-corrected chi connectivity index (χ4v) is 2.59. The number of anilines is 1. The van der Waals surface area contributed by atoms with Gasteiger partial charge in [0, 0.05) is 18.3 Å². The van der Waals surface area contributed by atoms with E-state index in [1.807, 2.05) is 18.2 Å². The van der Waals surface area contributed by atoms with Crippen molar-refractivity contribution in [2.24, 2.45) is 0 Å². The molecule has 26 heavy (non-hydrogen) atoms. The van der Waals surface area contributed by atoms with E-state index >= 15 is 0 Å². The zero-order valence-electron chi connectivity index (χ0n) is 14.6. The molecule has 0 aliphatic heterocycles. The van der Waals surface area contributed by atoms with Gasteiger partial charge < -0.3 is 15.2 Å². The predicted molar refractivity (Wildman–Crippen MR) is 99.5 cm³/mol. The molecule has 3 aromatic rings. The lowest BCUT2D eigenvalue weighted by Gasteiger charge is -2.09. The number of carbonyl (C=O) groups is 1. The molecule has 0 fully saturated rings. The van der Waals surface area contributed by atoms with Crippen molar-refractivity contribution in [1.82, 2.24) is 9.97 Å². The summed E-state index contributed by atoms with van der Waals surface area (Å²) in [5, 5.41) is 12.5. The Morgan fingerprint density at radius 1 is 1.19 bits per heavy atom. The van der Waals surface area contributed by atoms with Crippen LogP contribution in [0.2, 0.25) is 0 Å². The summed E-state index contributed by atoms with van der Waals surface area (Å²) in [4.78, 5) is 19.8. The topological polar surface area (TPSA) is 84.3 Å². The van der Waals surface area contributed by atoms with Crippen LogP contribution in [0.25, 0.3) is 11.3 Å². The highest BCUT2D eigenvalue weighted by atomic mass is 16.5. The van der Waals surface area contributed by atoms with E-state index in [0.717, 1.165) is 11.4 Å². The van der Waals surface area contributed by atoms with Gasteiger partial charge in [-0.3, -0.25) is 0 Å². The van der Waals surface area contributed by atoms with Crippen molar-refractivity contribution in [3.8, 4) is 17.0 Å². The summed E-state index contributed by atoms with van der Waals surface area (Å²) in [6.07, 6.45) is 1.67. The Hall–Kier alpha value is -3.41. The summed E-state index contributed by atoms with van der Waals surface area (Å²) in [6, 6.07) is 15.3. The summed E-state index contributed by atoms with van der Waals surface area (Å²) < 4.78 is 5.03. The van der Waals surface area contributed by atoms with Crippen LogP contribution >= 0.6 is 0 Å². The summed E-state index contributed by atoms with van der Waals surface area (Å²) in [7, 11) is 1.42. The normalized spacial score (nSPS) is 10.4. The van der Waals surface area contributed by atoms with E-state index in [-0.39, 0.29) is 11.4 Å². The second-order valence-corrected chi connectivity index (χ2v) is 5.83. The molecule has 0 atom stereocenters. The first-order chi connectivity index (χ1) is 12.6. The van der Waals surface area contributed by atoms with E-state index in [2.05, 4.69) is 40.4 Å². The number of nitrogens with one attached hydrogen (secondary N) is 1. The highest BCUT2D eigenvalue weighted by Gasteiger charge is 2.14. The van der Waals surface area contributed by atoms with Gasteiger partial charge in [-0.05, 0) is 36.8 Å². The molecule has 6 heteroatoms. The third-order valence-corrected chi connectivity index (χ3v) is 3.90. The van der Waals surface area contributed by atoms with Crippen LogP contribution in [0, 0.1) is 6.92 Å². The van der Waals surface area contributed by atoms with Crippen molar-refractivity contribution in [3.05, 3.63) is 71.5 Å². The van der Waals surface area contributed by atoms with Crippen LogP contribution in [-0.4, -0.2) is 28.2 Å². The van der Waals surface area contributed by atoms with Gasteiger partial charge >= 0.3 is 5.97 Å². The molecule has 2 aromatic heterocycles. The number of rotatable bonds is 6. The Labute approximate surface area is 151 Å². The van der Waals surface area contributed by atoms with Crippen molar-refractivity contribution in [1.29, 1.82) is 0 Å². The molecule has 2 heterocycles. The number of benzene rings is 1. The van der Waals surface area contributed by atoms with Crippen LogP contribution in [-0.2, 0) is 6.54 Å². The molecular weight excluding hydrogens is 330 g/mol. The molecule has 0 aliphatic rings. The molecule has 3 rings (SSSR count). The van der Waals surface area contributed by atoms with Crippen molar-refractivity contribution < 1.29 is 14.6 Å². The fourth-order valence-electron chi connectivity index (χ4n) is 2.59. The van der Waals surface area contributed by atoms with Crippen molar-refractivity contribution >= 4 is 11.8 Å². The molecule has 0 amide bonds. The first-order valence-corrected chi connectivity index (χ1v) is 8.11. The second-order valence-electron chi connectivity index (χ2n) is 5.83. The fraction of sp³-hybridized carbons (Fsp3) is 0.150. The zero-order valence-corrected chi connectivity index (χ0v) is 14.6. The van der Waals surface area contributed by atoms with Crippen LogP contribution in [0.3, 0.4) is 0 Å². The number of pyridine rings is 2. The number of aromatic nitrogens is 2. The van der Waals surface area contributed by atoms with Crippen molar-refractivity contribution in [2.45, 2.75) is 13.5 Å². The maximum absolute atomic E-state index is 11.3. The average Bonchev–Trinajstić information content (AvgIpc) is 2.66. The van der Waals surface area contributed by atoms with Crippen LogP contribution in [0.15, 0.2) is 54.7 Å². The van der Waals surface area contributed by atoms with Crippen molar-refractivity contribution in [3.63, 3.8) is 0 Å². The molecule has 0 saturated carbocycles. The molecule has 132 valence electrons. The van der Waals surface area contributed by atoms with Gasteiger partial charge in [0.2, 0.25) is 0 Å². The molecule has 0 aliphatic carbocycles. The number of nitrogens with zero attached hydrogens (tertiary/aromatic N) is 2. The van der Waals surface area contributed by atoms with Gasteiger partial charge in [0.1, 0.15) is 5.82 Å². The molecule has 0 spiro atoms. The van der Waals surface area contributed by atoms with Crippen molar-refractivity contribution in [2.75, 3.05) is 12.4 Å². The molecule has 0 saturated heterocycles. The molecule has 6 nitrogen and oxygen atoms in total. The standard InChI is InChI=1S/C20H19N3O3/c1-13-4-3-5-14(10-13)11-21-18-9-6-15(12-22-18)16-7-8-17(26-2)19(23-16)20(24)25/h3-10,12H,11H2,1-2H3,(H,21,22)(H,24,25). The van der Waals surface area contributed by atoms with Crippen LogP contribution in [0.4, 0.5) is 5.82 Å². The minimum absolute atomic E-state index is 0.119. The van der Waals surface area contributed by atoms with E-state index < -0.39 is 5.97 Å². The first-order valence-electron chi connectivity index (χ1n) is 8.11. The third kappa shape index (κ3) is 3.97. The number of aryl methyl sites for hydroxylation is 1. The number of hydrogen-bond donors (Lipinski definition) is 2. The second kappa shape index (κ2) is 7.65. The zero-order chi connectivity index (χ0) is 18.5. The molecule has 0 radical (unpaired) electrons. The molecule has 0 unspecified atom stereocenters. The van der Waals surface area contributed by atoms with Gasteiger partial charge in [0.05, 0.1) is 12.8 Å². The molecule has 2 N–H and O–H groups in total. The minimum Gasteiger partial charge on any atom is -0.494 e. The Morgan fingerprint density at radius 2 is 2.04 bits per heavy atom. The number of carboxylic acid groups (broad SMARTS) is 1. The number of hydrogen-bond acceptors (Lipinski definition) is 5. The van der Waals surface area contributed by atoms with Crippen LogP contribution in [0.1, 0.15) is 21.6 Å². The van der Waals surface area contributed by atoms with Gasteiger partial charge in [-0.25, -0.2) is 14.8 Å². The Balaban J connectivity index is 1.75. The molecule has 1 aromatic carbocycles. The van der Waals surface area contributed by atoms with Gasteiger partial charge in [-0.1, -0.05) is 29.8 Å². The lowest BCUT2D eigenvalue weighted by atomic mass is 10.1. The maximum atomic E-state index is 11.3. The smallest absolute Gasteiger partial charge is 0.358 e. The quantitative estimate of drug-likeness (QED) is 0.705. The molecule has 0 bridgehead atoms. The van der Waals surface area contributed by atoms with Crippen LogP contribution in [0.5, 0.6) is 5.75 Å². The summed E-state index contributed by atoms with van der Waals surface area (Å²) in [5.41, 5.74) is 3.54. The highest BCUT2D eigenvalue weighted by Crippen LogP contribution is 2.23. The van der Waals surface area contributed by atoms with E-state index in [1.54, 1.807) is 18.3 Å². The van der Waals surface area contributed by atoms with E-state index in [9.17, 15) is 9.90 Å². The van der Waals surface area contributed by atoms with E-state index in [1.165, 1.54) is 18.2 Å². The Kier molecular flexibility index (Phi) is 5.12. The van der Waals surface area contributed by atoms with Gasteiger partial charge in [0.25, 0.3) is 0 Å². The summed E-state index contributed by atoms with van der Waals surface area (Å²) in [5.74, 6) is -0.166. The first kappa shape index (κ1) is 17.4. The van der Waals surface area contributed by atoms with E-state index in [4.69, 9.17) is 4.74 Å². The molecular formula is C20H19N3O3. The number of methoxy groups -OCH3 is 1. The lowest BCUT2D eigenvalue weighted by molar-refractivity contribution is 0.0686. The predicted octanol–water partition coefficient (Wildman–Crippen LogP) is 3.77. The SMILES string of the molecule is COc1ccc(-c2ccc(NCc3cccc(C)c3)nc2)nc1C(=O)O. The van der Waals surface area contributed by atoms with Gasteiger partial charge in [-0.2, -0.15) is 0 Å². The monoisotopic (exact) mass is 349 g/mol.